The van der Waals surface area contributed by atoms with Crippen LogP contribution in [0, 0.1) is 11.6 Å². The largest absolute Gasteiger partial charge is 0.462 e. The van der Waals surface area contributed by atoms with Crippen LogP contribution in [-0.2, 0) is 4.79 Å². The maximum atomic E-state index is 16.6. The summed E-state index contributed by atoms with van der Waals surface area (Å²) in [6.45, 7) is 7.86. The van der Waals surface area contributed by atoms with Crippen LogP contribution in [0.3, 0.4) is 0 Å². The molecule has 0 saturated carbocycles. The normalized spacial score (nSPS) is 19.4. The van der Waals surface area contributed by atoms with Crippen molar-refractivity contribution in [2.24, 2.45) is 0 Å². The van der Waals surface area contributed by atoms with E-state index < -0.39 is 22.8 Å². The molecule has 1 amide bonds. The number of nitrogens with one attached hydrogen (secondary N) is 1. The topological polar surface area (TPSA) is 94.7 Å². The summed E-state index contributed by atoms with van der Waals surface area (Å²) < 4.78 is 38.7. The number of pyridine rings is 1. The maximum absolute atomic E-state index is 16.6. The lowest BCUT2D eigenvalue weighted by molar-refractivity contribution is -0.126. The van der Waals surface area contributed by atoms with Crippen molar-refractivity contribution >= 4 is 45.0 Å². The second kappa shape index (κ2) is 11.5. The summed E-state index contributed by atoms with van der Waals surface area (Å²) in [6.07, 6.45) is 3.26. The quantitative estimate of drug-likeness (QED) is 0.315. The first-order chi connectivity index (χ1) is 20.7. The molecular formula is C31H31ClF2N6O3. The number of H-pyrrole nitrogens is 1. The van der Waals surface area contributed by atoms with E-state index in [0.29, 0.717) is 42.8 Å². The Morgan fingerprint density at radius 3 is 2.77 bits per heavy atom. The number of aromatic amines is 1. The zero-order valence-corrected chi connectivity index (χ0v) is 24.6. The van der Waals surface area contributed by atoms with E-state index in [1.54, 1.807) is 23.1 Å². The lowest BCUT2D eigenvalue weighted by Gasteiger charge is -2.40. The molecule has 12 heteroatoms. The predicted octanol–water partition coefficient (Wildman–Crippen LogP) is 4.77. The van der Waals surface area contributed by atoms with Crippen LogP contribution in [0.5, 0.6) is 6.01 Å². The Labute approximate surface area is 251 Å². The minimum Gasteiger partial charge on any atom is -0.462 e. The van der Waals surface area contributed by atoms with E-state index >= 15 is 8.78 Å². The number of fused-ring (bicyclic) bond motifs is 2. The maximum Gasteiger partial charge on any atom is 0.319 e. The number of likely N-dealkylation sites (N-methyl/N-ethyl adjacent to an activating group) is 1. The van der Waals surface area contributed by atoms with Crippen LogP contribution in [-0.4, -0.2) is 82.6 Å². The van der Waals surface area contributed by atoms with E-state index in [1.165, 1.54) is 18.2 Å². The fraction of sp³-hybridized carbons (Fsp3) is 0.355. The molecule has 6 rings (SSSR count). The highest BCUT2D eigenvalue weighted by atomic mass is 35.5. The number of aromatic nitrogens is 3. The zero-order valence-electron chi connectivity index (χ0n) is 23.9. The molecule has 9 nitrogen and oxygen atoms in total. The van der Waals surface area contributed by atoms with Crippen molar-refractivity contribution in [3.05, 3.63) is 70.0 Å². The summed E-state index contributed by atoms with van der Waals surface area (Å²) in [5.74, 6) is -1.77. The van der Waals surface area contributed by atoms with Gasteiger partial charge in [0.1, 0.15) is 23.8 Å². The third-order valence-electron chi connectivity index (χ3n) is 8.39. The summed E-state index contributed by atoms with van der Waals surface area (Å²) in [5, 5.41) is 1.14. The van der Waals surface area contributed by atoms with Gasteiger partial charge in [-0.1, -0.05) is 30.3 Å². The fourth-order valence-corrected chi connectivity index (χ4v) is 6.39. The predicted molar refractivity (Wildman–Crippen MR) is 163 cm³/mol. The van der Waals surface area contributed by atoms with Gasteiger partial charge < -0.3 is 24.4 Å². The summed E-state index contributed by atoms with van der Waals surface area (Å²) in [5.41, 5.74) is -1.22. The lowest BCUT2D eigenvalue weighted by atomic mass is 10.0. The van der Waals surface area contributed by atoms with E-state index in [2.05, 4.69) is 26.4 Å². The van der Waals surface area contributed by atoms with Gasteiger partial charge in [-0.3, -0.25) is 9.59 Å². The van der Waals surface area contributed by atoms with Gasteiger partial charge in [-0.25, -0.2) is 8.78 Å². The Kier molecular flexibility index (Phi) is 7.78. The minimum atomic E-state index is -0.974. The third-order valence-corrected chi connectivity index (χ3v) is 8.70. The van der Waals surface area contributed by atoms with E-state index in [0.717, 1.165) is 19.4 Å². The first-order valence-corrected chi connectivity index (χ1v) is 14.6. The number of nitrogens with zero attached hydrogens (tertiary/aromatic N) is 5. The number of hydrogen-bond donors (Lipinski definition) is 1. The van der Waals surface area contributed by atoms with Crippen molar-refractivity contribution in [3.63, 3.8) is 0 Å². The van der Waals surface area contributed by atoms with Gasteiger partial charge in [-0.15, -0.1) is 0 Å². The number of piperazine rings is 1. The SMILES string of the molecule is C=CC(=O)N1CCN(c2nc(OC[C@@H]3CCCN3C)nc3c(F)c(-c4[nH]c(=O)cc5cccc(Cl)c45)c(F)cc23)[C@@H](C)C1. The number of hydrogen-bond acceptors (Lipinski definition) is 7. The average Bonchev–Trinajstić information content (AvgIpc) is 3.39. The number of ether oxygens (including phenoxy) is 1. The van der Waals surface area contributed by atoms with Gasteiger partial charge in [0.15, 0.2) is 5.82 Å². The number of carbonyl (C=O) groups excluding carboxylic acids is 1. The van der Waals surface area contributed by atoms with Crippen molar-refractivity contribution in [3.8, 4) is 17.3 Å². The smallest absolute Gasteiger partial charge is 0.319 e. The van der Waals surface area contributed by atoms with Gasteiger partial charge in [0.25, 0.3) is 0 Å². The molecule has 224 valence electrons. The van der Waals surface area contributed by atoms with E-state index in [-0.39, 0.29) is 45.6 Å². The number of carbonyl (C=O) groups is 1. The molecular weight excluding hydrogens is 578 g/mol. The molecule has 43 heavy (non-hydrogen) atoms. The molecule has 2 aromatic heterocycles. The first kappa shape index (κ1) is 29.0. The third kappa shape index (κ3) is 5.31. The number of amides is 1. The van der Waals surface area contributed by atoms with Crippen molar-refractivity contribution in [1.29, 1.82) is 0 Å². The van der Waals surface area contributed by atoms with Crippen LogP contribution in [0.4, 0.5) is 14.6 Å². The van der Waals surface area contributed by atoms with E-state index in [4.69, 9.17) is 16.3 Å². The number of likely N-dealkylation sites (tertiary alicyclic amines) is 1. The minimum absolute atomic E-state index is 0.0412. The number of anilines is 1. The molecule has 0 bridgehead atoms. The Morgan fingerprint density at radius 1 is 1.23 bits per heavy atom. The zero-order chi connectivity index (χ0) is 30.4. The van der Waals surface area contributed by atoms with Crippen LogP contribution in [0.2, 0.25) is 5.02 Å². The summed E-state index contributed by atoms with van der Waals surface area (Å²) in [6, 6.07) is 7.30. The fourth-order valence-electron chi connectivity index (χ4n) is 6.11. The molecule has 2 fully saturated rings. The lowest BCUT2D eigenvalue weighted by Crippen LogP contribution is -2.53. The number of halogens is 3. The average molecular weight is 609 g/mol. The van der Waals surface area contributed by atoms with Crippen LogP contribution in [0.25, 0.3) is 32.9 Å². The van der Waals surface area contributed by atoms with Gasteiger partial charge in [0.2, 0.25) is 11.5 Å². The molecule has 2 aromatic carbocycles. The molecule has 4 aromatic rings. The molecule has 0 spiro atoms. The monoisotopic (exact) mass is 608 g/mol. The second-order valence-electron chi connectivity index (χ2n) is 11.1. The Bertz CT molecular complexity index is 1810. The highest BCUT2D eigenvalue weighted by Gasteiger charge is 2.31. The van der Waals surface area contributed by atoms with Gasteiger partial charge >= 0.3 is 6.01 Å². The first-order valence-electron chi connectivity index (χ1n) is 14.2. The summed E-state index contributed by atoms with van der Waals surface area (Å²) >= 11 is 6.46. The van der Waals surface area contributed by atoms with Crippen LogP contribution in [0.1, 0.15) is 19.8 Å². The molecule has 0 radical (unpaired) electrons. The number of benzene rings is 2. The van der Waals surface area contributed by atoms with Gasteiger partial charge in [0, 0.05) is 48.6 Å². The van der Waals surface area contributed by atoms with Crippen molar-refractivity contribution in [1.82, 2.24) is 24.8 Å². The van der Waals surface area contributed by atoms with Crippen LogP contribution < -0.4 is 15.2 Å². The van der Waals surface area contributed by atoms with Crippen molar-refractivity contribution in [2.45, 2.75) is 31.8 Å². The van der Waals surface area contributed by atoms with Crippen molar-refractivity contribution < 1.29 is 18.3 Å². The summed E-state index contributed by atoms with van der Waals surface area (Å²) in [4.78, 5) is 42.2. The standard InChI is InChI=1S/C31H31ClF2N6O3/c1-4-24(42)39-11-12-40(17(2)15-39)30-20-14-22(33)26(29-25-18(13-23(41)35-29)7-5-9-21(25)32)27(34)28(20)36-31(37-30)43-16-19-8-6-10-38(19)3/h4-5,7,9,13-14,17,19H,1,6,8,10-12,15-16H2,2-3H3,(H,35,41)/t17-,19-/m0/s1. The molecule has 1 N–H and O–H groups in total. The van der Waals surface area contributed by atoms with E-state index in [1.807, 2.05) is 18.9 Å². The molecule has 2 aliphatic rings. The molecule has 0 unspecified atom stereocenters. The van der Waals surface area contributed by atoms with Gasteiger partial charge in [0.05, 0.1) is 16.3 Å². The van der Waals surface area contributed by atoms with Gasteiger partial charge in [-0.2, -0.15) is 9.97 Å². The van der Waals surface area contributed by atoms with Crippen LogP contribution >= 0.6 is 11.6 Å². The van der Waals surface area contributed by atoms with Crippen LogP contribution in [0.15, 0.2) is 47.8 Å². The Hall–Kier alpha value is -4.09. The molecule has 2 atom stereocenters. The molecule has 2 saturated heterocycles. The van der Waals surface area contributed by atoms with Crippen molar-refractivity contribution in [2.75, 3.05) is 44.7 Å². The Morgan fingerprint density at radius 2 is 2.05 bits per heavy atom. The second-order valence-corrected chi connectivity index (χ2v) is 11.5. The molecule has 0 aliphatic carbocycles. The molecule has 4 heterocycles. The summed E-state index contributed by atoms with van der Waals surface area (Å²) in [7, 11) is 2.02. The van der Waals surface area contributed by atoms with Gasteiger partial charge in [-0.05, 0) is 57.0 Å². The van der Waals surface area contributed by atoms with E-state index in [9.17, 15) is 9.59 Å². The molecule has 2 aliphatic heterocycles. The highest BCUT2D eigenvalue weighted by molar-refractivity contribution is 6.36. The number of rotatable bonds is 6. The highest BCUT2D eigenvalue weighted by Crippen LogP contribution is 2.39. The Balaban J connectivity index is 1.52.